The molecule has 1 atom stereocenters. The Morgan fingerprint density at radius 2 is 1.85 bits per heavy atom. The second-order valence-corrected chi connectivity index (χ2v) is 9.17. The number of para-hydroxylation sites is 1. The van der Waals surface area contributed by atoms with Crippen molar-refractivity contribution in [3.05, 3.63) is 53.6 Å². The second-order valence-electron chi connectivity index (χ2n) is 6.46. The van der Waals surface area contributed by atoms with E-state index < -0.39 is 16.1 Å². The van der Waals surface area contributed by atoms with Crippen LogP contribution in [0.5, 0.6) is 0 Å². The van der Waals surface area contributed by atoms with Crippen LogP contribution in [0.3, 0.4) is 0 Å². The monoisotopic (exact) mass is 406 g/mol. The van der Waals surface area contributed by atoms with E-state index in [9.17, 15) is 13.2 Å². The van der Waals surface area contributed by atoms with Gasteiger partial charge in [0.2, 0.25) is 15.9 Å². The van der Waals surface area contributed by atoms with Gasteiger partial charge in [0.1, 0.15) is 6.04 Å². The Balaban J connectivity index is 2.46. The highest BCUT2D eigenvalue weighted by Gasteiger charge is 2.32. The molecule has 0 aliphatic carbocycles. The third kappa shape index (κ3) is 5.05. The number of aryl methyl sites for hydroxylation is 2. The molecule has 146 valence electrons. The van der Waals surface area contributed by atoms with Crippen LogP contribution in [0.15, 0.2) is 47.4 Å². The molecule has 7 heteroatoms. The molecule has 2 rings (SSSR count). The molecule has 2 aromatic carbocycles. The Labute approximate surface area is 166 Å². The van der Waals surface area contributed by atoms with Gasteiger partial charge in [0.05, 0.1) is 17.6 Å². The number of benzene rings is 2. The van der Waals surface area contributed by atoms with Gasteiger partial charge in [-0.3, -0.25) is 9.10 Å². The topological polar surface area (TPSA) is 66.5 Å². The van der Waals surface area contributed by atoms with Gasteiger partial charge in [-0.15, -0.1) is 11.8 Å². The molecule has 0 unspecified atom stereocenters. The number of hydrogen-bond acceptors (Lipinski definition) is 4. The Bertz CT molecular complexity index is 927. The van der Waals surface area contributed by atoms with E-state index in [-0.39, 0.29) is 5.91 Å². The molecular weight excluding hydrogens is 380 g/mol. The maximum Gasteiger partial charge on any atom is 0.248 e. The van der Waals surface area contributed by atoms with Crippen LogP contribution in [-0.2, 0) is 14.8 Å². The maximum absolute atomic E-state index is 13.0. The lowest BCUT2D eigenvalue weighted by Gasteiger charge is -2.31. The summed E-state index contributed by atoms with van der Waals surface area (Å²) < 4.78 is 26.5. The third-order valence-corrected chi connectivity index (χ3v) is 6.26. The van der Waals surface area contributed by atoms with E-state index in [2.05, 4.69) is 5.32 Å². The number of rotatable bonds is 7. The van der Waals surface area contributed by atoms with E-state index >= 15 is 0 Å². The summed E-state index contributed by atoms with van der Waals surface area (Å²) in [6, 6.07) is 12.2. The number of amides is 1. The zero-order valence-corrected chi connectivity index (χ0v) is 17.9. The molecule has 5 nitrogen and oxygen atoms in total. The summed E-state index contributed by atoms with van der Waals surface area (Å²) in [5.41, 5.74) is 2.97. The van der Waals surface area contributed by atoms with E-state index in [1.165, 1.54) is 16.1 Å². The molecule has 0 aromatic heterocycles. The molecule has 0 radical (unpaired) electrons. The van der Waals surface area contributed by atoms with Crippen molar-refractivity contribution in [2.24, 2.45) is 0 Å². The van der Waals surface area contributed by atoms with Gasteiger partial charge in [0.15, 0.2) is 0 Å². The van der Waals surface area contributed by atoms with Gasteiger partial charge in [-0.2, -0.15) is 0 Å². The van der Waals surface area contributed by atoms with E-state index in [1.807, 2.05) is 69.5 Å². The van der Waals surface area contributed by atoms with Gasteiger partial charge in [-0.05, 0) is 55.9 Å². The number of nitrogens with zero attached hydrogens (tertiary/aromatic N) is 1. The fraction of sp³-hybridized carbons (Fsp3) is 0.350. The molecular formula is C20H26N2O3S2. The fourth-order valence-corrected chi connectivity index (χ4v) is 4.77. The zero-order valence-electron chi connectivity index (χ0n) is 16.3. The highest BCUT2D eigenvalue weighted by atomic mass is 32.2. The minimum absolute atomic E-state index is 0.342. The Morgan fingerprint density at radius 1 is 1.19 bits per heavy atom. The van der Waals surface area contributed by atoms with Gasteiger partial charge < -0.3 is 5.32 Å². The summed E-state index contributed by atoms with van der Waals surface area (Å²) in [5, 5.41) is 2.90. The van der Waals surface area contributed by atoms with Crippen LogP contribution in [0.2, 0.25) is 0 Å². The lowest BCUT2D eigenvalue weighted by atomic mass is 10.1. The van der Waals surface area contributed by atoms with Gasteiger partial charge in [-0.25, -0.2) is 8.42 Å². The highest BCUT2D eigenvalue weighted by Crippen LogP contribution is 2.29. The number of nitrogens with one attached hydrogen (secondary N) is 1. The van der Waals surface area contributed by atoms with Crippen LogP contribution in [0.4, 0.5) is 11.4 Å². The SMILES string of the molecule is CC[C@@H](C(=O)Nc1ccccc1SC)N(c1cc(C)ccc1C)S(C)(=O)=O. The van der Waals surface area contributed by atoms with Crippen molar-refractivity contribution < 1.29 is 13.2 Å². The largest absolute Gasteiger partial charge is 0.323 e. The average Bonchev–Trinajstić information content (AvgIpc) is 2.61. The first-order valence-corrected chi connectivity index (χ1v) is 11.8. The summed E-state index contributed by atoms with van der Waals surface area (Å²) >= 11 is 1.52. The first-order chi connectivity index (χ1) is 12.7. The van der Waals surface area contributed by atoms with Crippen molar-refractivity contribution in [2.75, 3.05) is 22.1 Å². The van der Waals surface area contributed by atoms with Crippen molar-refractivity contribution in [3.8, 4) is 0 Å². The van der Waals surface area contributed by atoms with Crippen LogP contribution >= 0.6 is 11.8 Å². The Kier molecular flexibility index (Phi) is 6.95. The smallest absolute Gasteiger partial charge is 0.248 e. The van der Waals surface area contributed by atoms with E-state index in [0.717, 1.165) is 22.3 Å². The molecule has 0 saturated heterocycles. The average molecular weight is 407 g/mol. The Morgan fingerprint density at radius 3 is 2.44 bits per heavy atom. The van der Waals surface area contributed by atoms with Crippen molar-refractivity contribution in [1.29, 1.82) is 0 Å². The number of anilines is 2. The van der Waals surface area contributed by atoms with Crippen LogP contribution in [0, 0.1) is 13.8 Å². The summed E-state index contributed by atoms with van der Waals surface area (Å²) in [7, 11) is -3.65. The molecule has 1 N–H and O–H groups in total. The third-order valence-electron chi connectivity index (χ3n) is 4.30. The molecule has 0 saturated carbocycles. The molecule has 0 heterocycles. The molecule has 1 amide bonds. The molecule has 2 aromatic rings. The highest BCUT2D eigenvalue weighted by molar-refractivity contribution is 7.98. The summed E-state index contributed by atoms with van der Waals surface area (Å²) in [5.74, 6) is -0.342. The first kappa shape index (κ1) is 21.3. The number of carbonyl (C=O) groups excluding carboxylic acids is 1. The zero-order chi connectivity index (χ0) is 20.2. The molecule has 0 fully saturated rings. The molecule has 0 bridgehead atoms. The normalized spacial score (nSPS) is 12.5. The summed E-state index contributed by atoms with van der Waals surface area (Å²) in [4.78, 5) is 14.0. The Hall–Kier alpha value is -1.99. The quantitative estimate of drug-likeness (QED) is 0.700. The second kappa shape index (κ2) is 8.80. The predicted octanol–water partition coefficient (Wildman–Crippen LogP) is 4.21. The van der Waals surface area contributed by atoms with Crippen LogP contribution in [-0.4, -0.2) is 32.9 Å². The van der Waals surface area contributed by atoms with Gasteiger partial charge in [0, 0.05) is 4.90 Å². The van der Waals surface area contributed by atoms with Crippen molar-refractivity contribution in [2.45, 2.75) is 38.1 Å². The standard InChI is InChI=1S/C20H26N2O3S2/c1-6-17(20(23)21-16-9-7-8-10-19(16)26-4)22(27(5,24)25)18-13-14(2)11-12-15(18)3/h7-13,17H,6H2,1-5H3,(H,21,23)/t17-/m0/s1. The number of carbonyl (C=O) groups is 1. The van der Waals surface area contributed by atoms with Gasteiger partial charge in [0.25, 0.3) is 0 Å². The van der Waals surface area contributed by atoms with E-state index in [4.69, 9.17) is 0 Å². The van der Waals surface area contributed by atoms with Crippen molar-refractivity contribution >= 4 is 39.1 Å². The van der Waals surface area contributed by atoms with Gasteiger partial charge in [-0.1, -0.05) is 31.2 Å². The van der Waals surface area contributed by atoms with Crippen LogP contribution in [0.25, 0.3) is 0 Å². The molecule has 27 heavy (non-hydrogen) atoms. The number of hydrogen-bond donors (Lipinski definition) is 1. The van der Waals surface area contributed by atoms with Crippen molar-refractivity contribution in [3.63, 3.8) is 0 Å². The number of sulfonamides is 1. The van der Waals surface area contributed by atoms with E-state index in [1.54, 1.807) is 0 Å². The van der Waals surface area contributed by atoms with E-state index in [0.29, 0.717) is 17.8 Å². The molecule has 0 aliphatic heterocycles. The maximum atomic E-state index is 13.0. The minimum Gasteiger partial charge on any atom is -0.323 e. The van der Waals surface area contributed by atoms with Crippen LogP contribution < -0.4 is 9.62 Å². The first-order valence-electron chi connectivity index (χ1n) is 8.69. The predicted molar refractivity (Wildman–Crippen MR) is 114 cm³/mol. The fourth-order valence-electron chi connectivity index (χ4n) is 2.96. The molecule has 0 aliphatic rings. The number of thioether (sulfide) groups is 1. The minimum atomic E-state index is -3.65. The lowest BCUT2D eigenvalue weighted by Crippen LogP contribution is -2.47. The lowest BCUT2D eigenvalue weighted by molar-refractivity contribution is -0.117. The summed E-state index contributed by atoms with van der Waals surface area (Å²) in [6.45, 7) is 5.56. The molecule has 0 spiro atoms. The van der Waals surface area contributed by atoms with Crippen LogP contribution in [0.1, 0.15) is 24.5 Å². The van der Waals surface area contributed by atoms with Gasteiger partial charge >= 0.3 is 0 Å². The summed E-state index contributed by atoms with van der Waals surface area (Å²) in [6.07, 6.45) is 3.43. The van der Waals surface area contributed by atoms with Crippen molar-refractivity contribution in [1.82, 2.24) is 0 Å².